The molecule has 0 spiro atoms. The Morgan fingerprint density at radius 1 is 1.10 bits per heavy atom. The Labute approximate surface area is 187 Å². The summed E-state index contributed by atoms with van der Waals surface area (Å²) in [6.07, 6.45) is 4.03. The van der Waals surface area contributed by atoms with E-state index in [0.717, 1.165) is 47.4 Å². The van der Waals surface area contributed by atoms with E-state index in [1.807, 2.05) is 53.4 Å². The first kappa shape index (κ1) is 22.7. The van der Waals surface area contributed by atoms with Gasteiger partial charge in [-0.1, -0.05) is 62.1 Å². The van der Waals surface area contributed by atoms with Gasteiger partial charge in [0.2, 0.25) is 10.0 Å². The highest BCUT2D eigenvalue weighted by atomic mass is 35.5. The molecule has 160 valence electrons. The first-order valence-electron chi connectivity index (χ1n) is 9.96. The van der Waals surface area contributed by atoms with E-state index in [1.165, 1.54) is 11.3 Å². The zero-order valence-electron chi connectivity index (χ0n) is 17.1. The van der Waals surface area contributed by atoms with Crippen LogP contribution in [0.3, 0.4) is 0 Å². The van der Waals surface area contributed by atoms with Gasteiger partial charge in [0.1, 0.15) is 4.90 Å². The number of hydrogen-bond donors (Lipinski definition) is 1. The zero-order chi connectivity index (χ0) is 21.6. The van der Waals surface area contributed by atoms with Crippen LogP contribution >= 0.6 is 22.9 Å². The Morgan fingerprint density at radius 3 is 2.60 bits per heavy atom. The predicted octanol–water partition coefficient (Wildman–Crippen LogP) is 5.50. The fourth-order valence-electron chi connectivity index (χ4n) is 3.05. The monoisotopic (exact) mass is 463 g/mol. The van der Waals surface area contributed by atoms with Crippen molar-refractivity contribution in [3.05, 3.63) is 63.7 Å². The molecule has 0 aliphatic carbocycles. The van der Waals surface area contributed by atoms with Gasteiger partial charge in [0.05, 0.1) is 16.4 Å². The number of benzene rings is 2. The minimum absolute atomic E-state index is 0.102. The van der Waals surface area contributed by atoms with Crippen LogP contribution in [0.4, 0.5) is 5.69 Å². The summed E-state index contributed by atoms with van der Waals surface area (Å²) in [7, 11) is -1.76. The first-order valence-corrected chi connectivity index (χ1v) is 12.7. The highest BCUT2D eigenvalue weighted by Gasteiger charge is 2.19. The zero-order valence-corrected chi connectivity index (χ0v) is 19.5. The van der Waals surface area contributed by atoms with Gasteiger partial charge in [-0.2, -0.15) is 0 Å². The molecule has 0 radical (unpaired) electrons. The van der Waals surface area contributed by atoms with Crippen molar-refractivity contribution in [1.82, 2.24) is 9.29 Å². The van der Waals surface area contributed by atoms with Crippen molar-refractivity contribution < 1.29 is 8.42 Å². The highest BCUT2D eigenvalue weighted by Crippen LogP contribution is 2.28. The Morgan fingerprint density at radius 2 is 1.87 bits per heavy atom. The lowest BCUT2D eigenvalue weighted by Crippen LogP contribution is -2.25. The SMILES string of the molecule is CCCCCCNS(=O)(=O)c1cc(-c2csc(=Nc3ccccc3)n2C)ccc1Cl. The summed E-state index contributed by atoms with van der Waals surface area (Å²) in [5.74, 6) is 0. The number of hydrogen-bond acceptors (Lipinski definition) is 4. The second kappa shape index (κ2) is 10.4. The lowest BCUT2D eigenvalue weighted by Gasteiger charge is -2.11. The lowest BCUT2D eigenvalue weighted by molar-refractivity contribution is 0.573. The van der Waals surface area contributed by atoms with E-state index in [1.54, 1.807) is 12.1 Å². The lowest BCUT2D eigenvalue weighted by atomic mass is 10.2. The average Bonchev–Trinajstić information content (AvgIpc) is 3.09. The predicted molar refractivity (Wildman–Crippen MR) is 125 cm³/mol. The first-order chi connectivity index (χ1) is 14.4. The van der Waals surface area contributed by atoms with E-state index in [4.69, 9.17) is 11.6 Å². The molecule has 3 rings (SSSR count). The van der Waals surface area contributed by atoms with E-state index < -0.39 is 10.0 Å². The third kappa shape index (κ3) is 5.60. The molecule has 0 unspecified atom stereocenters. The molecule has 0 atom stereocenters. The number of nitrogens with zero attached hydrogens (tertiary/aromatic N) is 2. The highest BCUT2D eigenvalue weighted by molar-refractivity contribution is 7.89. The third-order valence-corrected chi connectivity index (χ3v) is 7.60. The molecule has 0 amide bonds. The van der Waals surface area contributed by atoms with Crippen LogP contribution in [0, 0.1) is 0 Å². The number of aromatic nitrogens is 1. The second-order valence-electron chi connectivity index (χ2n) is 7.01. The molecule has 0 aliphatic heterocycles. The number of para-hydroxylation sites is 1. The quantitative estimate of drug-likeness (QED) is 0.426. The van der Waals surface area contributed by atoms with Crippen LogP contribution in [0.2, 0.25) is 5.02 Å². The third-order valence-electron chi connectivity index (χ3n) is 4.74. The summed E-state index contributed by atoms with van der Waals surface area (Å²) in [6.45, 7) is 2.54. The molecule has 0 aliphatic rings. The number of unbranched alkanes of at least 4 members (excludes halogenated alkanes) is 3. The Kier molecular flexibility index (Phi) is 7.88. The van der Waals surface area contributed by atoms with Gasteiger partial charge in [0, 0.05) is 24.5 Å². The van der Waals surface area contributed by atoms with Gasteiger partial charge >= 0.3 is 0 Å². The van der Waals surface area contributed by atoms with Gasteiger partial charge in [-0.15, -0.1) is 11.3 Å². The summed E-state index contributed by atoms with van der Waals surface area (Å²) in [4.78, 5) is 5.59. The number of nitrogens with one attached hydrogen (secondary N) is 1. The summed E-state index contributed by atoms with van der Waals surface area (Å²) in [5, 5.41) is 2.19. The molecule has 30 heavy (non-hydrogen) atoms. The van der Waals surface area contributed by atoms with Gasteiger partial charge in [0.25, 0.3) is 0 Å². The van der Waals surface area contributed by atoms with Crippen molar-refractivity contribution in [2.24, 2.45) is 12.0 Å². The molecular weight excluding hydrogens is 438 g/mol. The molecule has 8 heteroatoms. The molecule has 1 N–H and O–H groups in total. The average molecular weight is 464 g/mol. The van der Waals surface area contributed by atoms with Gasteiger partial charge in [0.15, 0.2) is 4.80 Å². The standard InChI is InChI=1S/C22H26ClN3O2S2/c1-3-4-5-9-14-24-30(27,28)21-15-17(12-13-19(21)23)20-16-29-22(26(20)2)25-18-10-7-6-8-11-18/h6-8,10-13,15-16,24H,3-5,9,14H2,1-2H3. The summed E-state index contributed by atoms with van der Waals surface area (Å²) >= 11 is 7.74. The normalized spacial score (nSPS) is 12.4. The van der Waals surface area contributed by atoms with Gasteiger partial charge in [-0.3, -0.25) is 0 Å². The number of sulfonamides is 1. The number of thiazole rings is 1. The summed E-state index contributed by atoms with van der Waals surface area (Å²) in [5.41, 5.74) is 2.53. The van der Waals surface area contributed by atoms with E-state index in [2.05, 4.69) is 16.6 Å². The number of rotatable bonds is 9. The van der Waals surface area contributed by atoms with Crippen LogP contribution in [0.5, 0.6) is 0 Å². The molecule has 0 saturated carbocycles. The van der Waals surface area contributed by atoms with E-state index in [-0.39, 0.29) is 9.92 Å². The van der Waals surface area contributed by atoms with Crippen molar-refractivity contribution >= 4 is 38.6 Å². The molecule has 0 saturated heterocycles. The maximum absolute atomic E-state index is 12.8. The Bertz CT molecular complexity index is 1150. The van der Waals surface area contributed by atoms with E-state index in [0.29, 0.717) is 6.54 Å². The molecule has 5 nitrogen and oxygen atoms in total. The molecule has 0 fully saturated rings. The molecule has 1 aromatic heterocycles. The Hall–Kier alpha value is -1.93. The van der Waals surface area contributed by atoms with Crippen LogP contribution in [0.25, 0.3) is 11.3 Å². The van der Waals surface area contributed by atoms with Gasteiger partial charge < -0.3 is 4.57 Å². The van der Waals surface area contributed by atoms with Crippen molar-refractivity contribution in [3.63, 3.8) is 0 Å². The Balaban J connectivity index is 1.88. The minimum Gasteiger partial charge on any atom is -0.320 e. The smallest absolute Gasteiger partial charge is 0.242 e. The molecular formula is C22H26ClN3O2S2. The van der Waals surface area contributed by atoms with Gasteiger partial charge in [-0.25, -0.2) is 18.1 Å². The van der Waals surface area contributed by atoms with Crippen molar-refractivity contribution in [2.45, 2.75) is 37.5 Å². The topological polar surface area (TPSA) is 63.5 Å². The molecule has 1 heterocycles. The molecule has 3 aromatic rings. The van der Waals surface area contributed by atoms with Crippen LogP contribution in [-0.4, -0.2) is 19.5 Å². The van der Waals surface area contributed by atoms with Crippen molar-refractivity contribution in [1.29, 1.82) is 0 Å². The van der Waals surface area contributed by atoms with Crippen LogP contribution < -0.4 is 9.52 Å². The van der Waals surface area contributed by atoms with E-state index in [9.17, 15) is 8.42 Å². The number of halogens is 1. The van der Waals surface area contributed by atoms with E-state index >= 15 is 0 Å². The fraction of sp³-hybridized carbons (Fsp3) is 0.318. The second-order valence-corrected chi connectivity index (χ2v) is 9.99. The van der Waals surface area contributed by atoms with Gasteiger partial charge in [-0.05, 0) is 30.7 Å². The maximum atomic E-state index is 12.8. The molecule has 2 aromatic carbocycles. The molecule has 0 bridgehead atoms. The fourth-order valence-corrected chi connectivity index (χ4v) is 5.57. The summed E-state index contributed by atoms with van der Waals surface area (Å²) in [6, 6.07) is 14.8. The van der Waals surface area contributed by atoms with Crippen LogP contribution in [-0.2, 0) is 17.1 Å². The van der Waals surface area contributed by atoms with Crippen LogP contribution in [0.1, 0.15) is 32.6 Å². The van der Waals surface area contributed by atoms with Crippen LogP contribution in [0.15, 0.2) is 63.8 Å². The minimum atomic E-state index is -3.67. The largest absolute Gasteiger partial charge is 0.320 e. The summed E-state index contributed by atoms with van der Waals surface area (Å²) < 4.78 is 30.2. The van der Waals surface area contributed by atoms with Crippen molar-refractivity contribution in [3.8, 4) is 11.3 Å². The maximum Gasteiger partial charge on any atom is 0.242 e. The van der Waals surface area contributed by atoms with Crippen molar-refractivity contribution in [2.75, 3.05) is 6.54 Å².